The van der Waals surface area contributed by atoms with Gasteiger partial charge in [0, 0.05) is 26.6 Å². The number of aliphatic hydroxyl groups is 1. The number of hydrogen-bond acceptors (Lipinski definition) is 4. The predicted molar refractivity (Wildman–Crippen MR) is 88.7 cm³/mol. The van der Waals surface area contributed by atoms with Crippen molar-refractivity contribution in [2.75, 3.05) is 26.8 Å². The number of nitrogens with zero attached hydrogens (tertiary/aromatic N) is 2. The number of methoxy groups -OCH3 is 1. The topological polar surface area (TPSA) is 59.3 Å². The second-order valence-corrected chi connectivity index (χ2v) is 6.34. The Morgan fingerprint density at radius 3 is 2.67 bits per heavy atom. The maximum atomic E-state index is 10.6. The molecule has 0 fully saturated rings. The third-order valence-corrected chi connectivity index (χ3v) is 4.48. The molecule has 0 aliphatic rings. The number of halogens is 1. The van der Waals surface area contributed by atoms with Crippen LogP contribution in [0, 0.1) is 0 Å². The lowest BCUT2D eigenvalue weighted by Crippen LogP contribution is -2.34. The Labute approximate surface area is 136 Å². The van der Waals surface area contributed by atoms with E-state index in [2.05, 4.69) is 40.2 Å². The van der Waals surface area contributed by atoms with Crippen molar-refractivity contribution in [3.63, 3.8) is 0 Å². The molecule has 21 heavy (non-hydrogen) atoms. The number of ether oxygens (including phenoxy) is 1. The summed E-state index contributed by atoms with van der Waals surface area (Å²) < 4.78 is 8.01. The molecule has 0 amide bonds. The van der Waals surface area contributed by atoms with Crippen LogP contribution in [0.1, 0.15) is 38.6 Å². The lowest BCUT2D eigenvalue weighted by molar-refractivity contribution is 0.0488. The molecule has 1 aromatic rings. The van der Waals surface area contributed by atoms with Crippen LogP contribution in [0.15, 0.2) is 4.47 Å². The molecule has 0 aliphatic carbocycles. The first kappa shape index (κ1) is 18.6. The quantitative estimate of drug-likeness (QED) is 0.627. The Kier molecular flexibility index (Phi) is 7.87. The van der Waals surface area contributed by atoms with Gasteiger partial charge in [-0.05, 0) is 49.2 Å². The molecule has 1 rings (SSSR count). The monoisotopic (exact) mass is 361 g/mol. The van der Waals surface area contributed by atoms with E-state index in [-0.39, 0.29) is 0 Å². The van der Waals surface area contributed by atoms with Gasteiger partial charge in [-0.15, -0.1) is 0 Å². The molecule has 0 saturated heterocycles. The van der Waals surface area contributed by atoms with E-state index < -0.39 is 5.60 Å². The van der Waals surface area contributed by atoms with Crippen LogP contribution in [0.4, 0.5) is 0 Å². The molecular weight excluding hydrogens is 334 g/mol. The highest BCUT2D eigenvalue weighted by atomic mass is 79.9. The molecular formula is C15H28BrN3O2. The van der Waals surface area contributed by atoms with E-state index in [1.54, 1.807) is 7.11 Å². The van der Waals surface area contributed by atoms with Gasteiger partial charge in [-0.3, -0.25) is 4.68 Å². The van der Waals surface area contributed by atoms with E-state index in [1.807, 2.05) is 11.6 Å². The van der Waals surface area contributed by atoms with E-state index in [1.165, 1.54) is 0 Å². The fraction of sp³-hybridized carbons (Fsp3) is 0.800. The minimum atomic E-state index is -0.749. The van der Waals surface area contributed by atoms with Crippen LogP contribution in [-0.4, -0.2) is 47.3 Å². The molecule has 1 heterocycles. The SMILES string of the molecule is CCc1nn(CC)c(CC(C)(O)CCNCCOC)c1Br. The average molecular weight is 362 g/mol. The van der Waals surface area contributed by atoms with Crippen molar-refractivity contribution < 1.29 is 9.84 Å². The van der Waals surface area contributed by atoms with E-state index in [9.17, 15) is 5.11 Å². The van der Waals surface area contributed by atoms with Crippen molar-refractivity contribution in [2.45, 2.75) is 52.2 Å². The molecule has 0 bridgehead atoms. The molecule has 0 radical (unpaired) electrons. The zero-order valence-electron chi connectivity index (χ0n) is 13.6. The van der Waals surface area contributed by atoms with Gasteiger partial charge in [0.2, 0.25) is 0 Å². The van der Waals surface area contributed by atoms with Crippen LogP contribution in [0.5, 0.6) is 0 Å². The van der Waals surface area contributed by atoms with Gasteiger partial charge in [0.25, 0.3) is 0 Å². The zero-order valence-corrected chi connectivity index (χ0v) is 15.2. The highest BCUT2D eigenvalue weighted by Gasteiger charge is 2.25. The van der Waals surface area contributed by atoms with Crippen molar-refractivity contribution >= 4 is 15.9 Å². The molecule has 122 valence electrons. The molecule has 5 nitrogen and oxygen atoms in total. The summed E-state index contributed by atoms with van der Waals surface area (Å²) in [6.45, 7) is 9.14. The second kappa shape index (κ2) is 8.88. The molecule has 0 spiro atoms. The van der Waals surface area contributed by atoms with Gasteiger partial charge in [0.05, 0.1) is 28.1 Å². The lowest BCUT2D eigenvalue weighted by Gasteiger charge is -2.24. The largest absolute Gasteiger partial charge is 0.390 e. The summed E-state index contributed by atoms with van der Waals surface area (Å²) in [6.07, 6.45) is 2.18. The van der Waals surface area contributed by atoms with Gasteiger partial charge in [-0.25, -0.2) is 0 Å². The number of aromatic nitrogens is 2. The summed E-state index contributed by atoms with van der Waals surface area (Å²) in [5.74, 6) is 0. The van der Waals surface area contributed by atoms with Crippen LogP contribution in [0.2, 0.25) is 0 Å². The van der Waals surface area contributed by atoms with Gasteiger partial charge in [0.15, 0.2) is 0 Å². The maximum Gasteiger partial charge on any atom is 0.0766 e. The standard InChI is InChI=1S/C15H28BrN3O2/c1-5-12-14(16)13(19(6-2)18-12)11-15(3,20)7-8-17-9-10-21-4/h17,20H,5-11H2,1-4H3. The molecule has 1 aromatic heterocycles. The predicted octanol–water partition coefficient (Wildman–Crippen LogP) is 2.15. The third-order valence-electron chi connectivity index (χ3n) is 3.57. The maximum absolute atomic E-state index is 10.6. The first-order valence-electron chi connectivity index (χ1n) is 7.61. The van der Waals surface area contributed by atoms with Gasteiger partial charge < -0.3 is 15.2 Å². The third kappa shape index (κ3) is 5.70. The normalized spacial score (nSPS) is 14.4. The van der Waals surface area contributed by atoms with E-state index in [0.717, 1.165) is 41.9 Å². The zero-order chi connectivity index (χ0) is 15.9. The highest BCUT2D eigenvalue weighted by Crippen LogP contribution is 2.27. The number of aryl methyl sites for hydroxylation is 2. The Morgan fingerprint density at radius 1 is 1.38 bits per heavy atom. The molecule has 0 saturated carbocycles. The van der Waals surface area contributed by atoms with E-state index in [4.69, 9.17) is 4.74 Å². The van der Waals surface area contributed by atoms with Gasteiger partial charge in [0.1, 0.15) is 0 Å². The molecule has 1 atom stereocenters. The molecule has 1 unspecified atom stereocenters. The number of rotatable bonds is 10. The first-order valence-corrected chi connectivity index (χ1v) is 8.40. The number of hydrogen-bond donors (Lipinski definition) is 2. The van der Waals surface area contributed by atoms with Crippen molar-refractivity contribution in [1.29, 1.82) is 0 Å². The van der Waals surface area contributed by atoms with E-state index >= 15 is 0 Å². The van der Waals surface area contributed by atoms with Gasteiger partial charge >= 0.3 is 0 Å². The van der Waals surface area contributed by atoms with Gasteiger partial charge in [-0.2, -0.15) is 5.10 Å². The average Bonchev–Trinajstić information content (AvgIpc) is 2.74. The van der Waals surface area contributed by atoms with Crippen molar-refractivity contribution in [3.05, 3.63) is 15.9 Å². The molecule has 2 N–H and O–H groups in total. The summed E-state index contributed by atoms with van der Waals surface area (Å²) >= 11 is 3.63. The van der Waals surface area contributed by atoms with Crippen LogP contribution < -0.4 is 5.32 Å². The Hall–Kier alpha value is -0.430. The van der Waals surface area contributed by atoms with E-state index in [0.29, 0.717) is 19.4 Å². The number of nitrogens with one attached hydrogen (secondary N) is 1. The fourth-order valence-corrected chi connectivity index (χ4v) is 3.00. The molecule has 0 aromatic carbocycles. The summed E-state index contributed by atoms with van der Waals surface area (Å²) in [5.41, 5.74) is 1.39. The van der Waals surface area contributed by atoms with Crippen molar-refractivity contribution in [3.8, 4) is 0 Å². The van der Waals surface area contributed by atoms with Crippen molar-refractivity contribution in [2.24, 2.45) is 0 Å². The van der Waals surface area contributed by atoms with Gasteiger partial charge in [-0.1, -0.05) is 6.92 Å². The smallest absolute Gasteiger partial charge is 0.0766 e. The Bertz CT molecular complexity index is 433. The second-order valence-electron chi connectivity index (χ2n) is 5.54. The molecule has 6 heteroatoms. The van der Waals surface area contributed by atoms with Crippen LogP contribution in [0.3, 0.4) is 0 Å². The highest BCUT2D eigenvalue weighted by molar-refractivity contribution is 9.10. The van der Waals surface area contributed by atoms with Crippen LogP contribution in [0.25, 0.3) is 0 Å². The Balaban J connectivity index is 2.63. The molecule has 0 aliphatic heterocycles. The van der Waals surface area contributed by atoms with Crippen molar-refractivity contribution in [1.82, 2.24) is 15.1 Å². The minimum Gasteiger partial charge on any atom is -0.390 e. The summed E-state index contributed by atoms with van der Waals surface area (Å²) in [4.78, 5) is 0. The summed E-state index contributed by atoms with van der Waals surface area (Å²) in [7, 11) is 1.69. The first-order chi connectivity index (χ1) is 9.95. The fourth-order valence-electron chi connectivity index (χ4n) is 2.29. The van der Waals surface area contributed by atoms with Crippen LogP contribution in [-0.2, 0) is 24.1 Å². The lowest BCUT2D eigenvalue weighted by atomic mass is 9.96. The summed E-state index contributed by atoms with van der Waals surface area (Å²) in [5, 5.41) is 18.5. The summed E-state index contributed by atoms with van der Waals surface area (Å²) in [6, 6.07) is 0. The van der Waals surface area contributed by atoms with Crippen LogP contribution >= 0.6 is 15.9 Å². The minimum absolute atomic E-state index is 0.598. The Morgan fingerprint density at radius 2 is 2.10 bits per heavy atom.